The monoisotopic (exact) mass is 366 g/mol. The second-order valence-electron chi connectivity index (χ2n) is 3.23. The zero-order valence-corrected chi connectivity index (χ0v) is 11.6. The first-order valence-electron chi connectivity index (χ1n) is 4.49. The molecule has 2 aromatic rings. The van der Waals surface area contributed by atoms with E-state index in [2.05, 4.69) is 22.6 Å². The summed E-state index contributed by atoms with van der Waals surface area (Å²) in [5, 5.41) is 0.994. The highest BCUT2D eigenvalue weighted by atomic mass is 127. The van der Waals surface area contributed by atoms with Crippen molar-refractivity contribution < 1.29 is 4.39 Å². The van der Waals surface area contributed by atoms with E-state index in [9.17, 15) is 4.39 Å². The molecule has 0 nitrogen and oxygen atoms in total. The van der Waals surface area contributed by atoms with Crippen LogP contribution in [0.4, 0.5) is 4.39 Å². The second kappa shape index (κ2) is 4.90. The molecule has 0 amide bonds. The highest BCUT2D eigenvalue weighted by Gasteiger charge is 2.10. The van der Waals surface area contributed by atoms with Gasteiger partial charge >= 0.3 is 0 Å². The number of halogens is 4. The summed E-state index contributed by atoms with van der Waals surface area (Å²) < 4.78 is 13.8. The maximum Gasteiger partial charge on any atom is 0.124 e. The van der Waals surface area contributed by atoms with Crippen molar-refractivity contribution in [3.05, 3.63) is 55.8 Å². The molecule has 0 aliphatic carbocycles. The van der Waals surface area contributed by atoms with Gasteiger partial charge in [-0.2, -0.15) is 0 Å². The number of hydrogen-bond acceptors (Lipinski definition) is 0. The van der Waals surface area contributed by atoms with Gasteiger partial charge in [-0.15, -0.1) is 0 Å². The van der Waals surface area contributed by atoms with Crippen LogP contribution in [0.2, 0.25) is 10.0 Å². The van der Waals surface area contributed by atoms with Gasteiger partial charge < -0.3 is 0 Å². The average Bonchev–Trinajstić information content (AvgIpc) is 2.23. The molecule has 0 saturated heterocycles. The molecule has 0 spiro atoms. The first-order valence-corrected chi connectivity index (χ1v) is 6.32. The third-order valence-electron chi connectivity index (χ3n) is 2.17. The van der Waals surface area contributed by atoms with E-state index in [1.165, 1.54) is 12.1 Å². The van der Waals surface area contributed by atoms with E-state index in [1.807, 2.05) is 12.1 Å². The summed E-state index contributed by atoms with van der Waals surface area (Å²) >= 11 is 14.1. The van der Waals surface area contributed by atoms with Gasteiger partial charge in [0.15, 0.2) is 0 Å². The van der Waals surface area contributed by atoms with Crippen LogP contribution in [0, 0.1) is 9.39 Å². The number of hydrogen-bond donors (Lipinski definition) is 0. The molecular formula is C12H6Cl2FI. The lowest BCUT2D eigenvalue weighted by atomic mass is 10.1. The van der Waals surface area contributed by atoms with Crippen LogP contribution in [0.5, 0.6) is 0 Å². The number of benzene rings is 2. The Hall–Kier alpha value is -0.320. The summed E-state index contributed by atoms with van der Waals surface area (Å²) in [6, 6.07) is 9.99. The van der Waals surface area contributed by atoms with E-state index in [0.717, 1.165) is 14.7 Å². The van der Waals surface area contributed by atoms with Crippen molar-refractivity contribution in [2.75, 3.05) is 0 Å². The Morgan fingerprint density at radius 1 is 1.00 bits per heavy atom. The van der Waals surface area contributed by atoms with Crippen LogP contribution in [-0.2, 0) is 0 Å². The Morgan fingerprint density at radius 2 is 1.75 bits per heavy atom. The number of rotatable bonds is 1. The van der Waals surface area contributed by atoms with E-state index >= 15 is 0 Å². The molecule has 0 bridgehead atoms. The molecule has 0 radical (unpaired) electrons. The predicted octanol–water partition coefficient (Wildman–Crippen LogP) is 5.40. The summed E-state index contributed by atoms with van der Waals surface area (Å²) in [5.41, 5.74) is 1.70. The van der Waals surface area contributed by atoms with E-state index in [1.54, 1.807) is 12.1 Å². The molecule has 0 aliphatic rings. The minimum Gasteiger partial charge on any atom is -0.207 e. The van der Waals surface area contributed by atoms with Crippen LogP contribution in [0.25, 0.3) is 11.1 Å². The van der Waals surface area contributed by atoms with Crippen molar-refractivity contribution in [3.8, 4) is 11.1 Å². The zero-order valence-electron chi connectivity index (χ0n) is 7.98. The smallest absolute Gasteiger partial charge is 0.124 e. The Bertz CT molecular complexity index is 541. The lowest BCUT2D eigenvalue weighted by Gasteiger charge is -2.08. The average molecular weight is 367 g/mol. The van der Waals surface area contributed by atoms with Gasteiger partial charge in [0.1, 0.15) is 5.82 Å². The van der Waals surface area contributed by atoms with Gasteiger partial charge in [0.05, 0.1) is 10.0 Å². The fourth-order valence-electron chi connectivity index (χ4n) is 1.42. The molecule has 0 unspecified atom stereocenters. The molecule has 2 aromatic carbocycles. The van der Waals surface area contributed by atoms with Gasteiger partial charge in [-0.1, -0.05) is 41.4 Å². The Balaban J connectivity index is 2.63. The van der Waals surface area contributed by atoms with Gasteiger partial charge in [0.25, 0.3) is 0 Å². The molecule has 82 valence electrons. The van der Waals surface area contributed by atoms with Crippen molar-refractivity contribution in [1.82, 2.24) is 0 Å². The Morgan fingerprint density at radius 3 is 2.44 bits per heavy atom. The predicted molar refractivity (Wildman–Crippen MR) is 74.6 cm³/mol. The first-order chi connectivity index (χ1) is 7.59. The van der Waals surface area contributed by atoms with Crippen molar-refractivity contribution in [3.63, 3.8) is 0 Å². The summed E-state index contributed by atoms with van der Waals surface area (Å²) in [6.45, 7) is 0. The Kier molecular flexibility index (Phi) is 3.72. The van der Waals surface area contributed by atoms with Crippen LogP contribution in [0.15, 0.2) is 36.4 Å². The van der Waals surface area contributed by atoms with E-state index in [-0.39, 0.29) is 5.82 Å². The third kappa shape index (κ3) is 2.34. The Labute approximate surface area is 117 Å². The fourth-order valence-corrected chi connectivity index (χ4v) is 2.59. The minimum atomic E-state index is -0.258. The molecule has 2 rings (SSSR count). The first kappa shape index (κ1) is 12.1. The zero-order chi connectivity index (χ0) is 11.7. The molecule has 0 saturated carbocycles. The largest absolute Gasteiger partial charge is 0.207 e. The highest BCUT2D eigenvalue weighted by molar-refractivity contribution is 14.1. The SMILES string of the molecule is Fc1ccc(-c2cccc(Cl)c2Cl)c(I)c1. The quantitative estimate of drug-likeness (QED) is 0.592. The summed E-state index contributed by atoms with van der Waals surface area (Å²) in [6.07, 6.45) is 0. The van der Waals surface area contributed by atoms with E-state index < -0.39 is 0 Å². The third-order valence-corrected chi connectivity index (χ3v) is 3.88. The maximum atomic E-state index is 13.0. The highest BCUT2D eigenvalue weighted by Crippen LogP contribution is 2.35. The molecule has 0 aromatic heterocycles. The fraction of sp³-hybridized carbons (Fsp3) is 0. The summed E-state index contributed by atoms with van der Waals surface area (Å²) in [5.74, 6) is -0.258. The van der Waals surface area contributed by atoms with Crippen molar-refractivity contribution in [1.29, 1.82) is 0 Å². The lowest BCUT2D eigenvalue weighted by molar-refractivity contribution is 0.627. The van der Waals surface area contributed by atoms with Crippen molar-refractivity contribution in [2.45, 2.75) is 0 Å². The van der Waals surface area contributed by atoms with Crippen LogP contribution < -0.4 is 0 Å². The molecule has 0 fully saturated rings. The van der Waals surface area contributed by atoms with E-state index in [0.29, 0.717) is 10.0 Å². The van der Waals surface area contributed by atoms with Gasteiger partial charge in [-0.3, -0.25) is 0 Å². The van der Waals surface area contributed by atoms with Gasteiger partial charge in [0, 0.05) is 9.13 Å². The molecule has 0 N–H and O–H groups in total. The summed E-state index contributed by atoms with van der Waals surface area (Å²) in [7, 11) is 0. The van der Waals surface area contributed by atoms with Crippen molar-refractivity contribution >= 4 is 45.8 Å². The van der Waals surface area contributed by atoms with Crippen molar-refractivity contribution in [2.24, 2.45) is 0 Å². The second-order valence-corrected chi connectivity index (χ2v) is 5.17. The molecular weight excluding hydrogens is 361 g/mol. The molecule has 16 heavy (non-hydrogen) atoms. The van der Waals surface area contributed by atoms with Crippen LogP contribution in [0.3, 0.4) is 0 Å². The lowest BCUT2D eigenvalue weighted by Crippen LogP contribution is -1.86. The van der Waals surface area contributed by atoms with Gasteiger partial charge in [-0.05, 0) is 46.4 Å². The molecule has 0 atom stereocenters. The topological polar surface area (TPSA) is 0 Å². The van der Waals surface area contributed by atoms with E-state index in [4.69, 9.17) is 23.2 Å². The normalized spacial score (nSPS) is 10.5. The summed E-state index contributed by atoms with van der Waals surface area (Å²) in [4.78, 5) is 0. The van der Waals surface area contributed by atoms with Crippen LogP contribution in [0.1, 0.15) is 0 Å². The molecule has 4 heteroatoms. The van der Waals surface area contributed by atoms with Gasteiger partial charge in [-0.25, -0.2) is 4.39 Å². The van der Waals surface area contributed by atoms with Crippen LogP contribution in [-0.4, -0.2) is 0 Å². The maximum absolute atomic E-state index is 13.0. The molecule has 0 heterocycles. The standard InChI is InChI=1S/C12H6Cl2FI/c13-10-3-1-2-9(12(10)14)8-5-4-7(15)6-11(8)16/h1-6H. The minimum absolute atomic E-state index is 0.258. The van der Waals surface area contributed by atoms with Crippen LogP contribution >= 0.6 is 45.8 Å². The molecule has 0 aliphatic heterocycles. The van der Waals surface area contributed by atoms with Gasteiger partial charge in [0.2, 0.25) is 0 Å².